The molecule has 0 fully saturated rings. The third-order valence-corrected chi connectivity index (χ3v) is 3.17. The number of anilines is 1. The third-order valence-electron chi connectivity index (χ3n) is 2.64. The van der Waals surface area contributed by atoms with Crippen LogP contribution in [0.3, 0.4) is 0 Å². The molecule has 2 rings (SSSR count). The van der Waals surface area contributed by atoms with Gasteiger partial charge in [-0.1, -0.05) is 28.1 Å². The summed E-state index contributed by atoms with van der Waals surface area (Å²) in [6, 6.07) is 12.3. The topological polar surface area (TPSA) is 55.1 Å². The predicted octanol–water partition coefficient (Wildman–Crippen LogP) is 3.23. The lowest BCUT2D eigenvalue weighted by Crippen LogP contribution is -2.27. The van der Waals surface area contributed by atoms with Gasteiger partial charge in [0, 0.05) is 10.2 Å². The number of halogens is 2. The second kappa shape index (κ2) is 5.84. The van der Waals surface area contributed by atoms with E-state index in [0.29, 0.717) is 5.56 Å². The van der Waals surface area contributed by atoms with Gasteiger partial charge in [-0.3, -0.25) is 4.79 Å². The molecule has 2 aromatic rings. The van der Waals surface area contributed by atoms with E-state index in [2.05, 4.69) is 21.2 Å². The van der Waals surface area contributed by atoms with Gasteiger partial charge in [0.1, 0.15) is 11.9 Å². The Bertz CT molecular complexity index is 569. The minimum absolute atomic E-state index is 0.351. The van der Waals surface area contributed by atoms with Gasteiger partial charge in [-0.25, -0.2) is 4.39 Å². The highest BCUT2D eigenvalue weighted by atomic mass is 79.9. The van der Waals surface area contributed by atoms with Crippen molar-refractivity contribution in [3.63, 3.8) is 0 Å². The third kappa shape index (κ3) is 3.54. The summed E-state index contributed by atoms with van der Waals surface area (Å²) in [5.74, 6) is -0.870. The molecular formula is C14H12BrFN2O. The van der Waals surface area contributed by atoms with Crippen LogP contribution in [-0.2, 0) is 4.79 Å². The van der Waals surface area contributed by atoms with Crippen LogP contribution in [0.1, 0.15) is 11.6 Å². The molecule has 2 aromatic carbocycles. The van der Waals surface area contributed by atoms with Crippen molar-refractivity contribution >= 4 is 27.5 Å². The van der Waals surface area contributed by atoms with Gasteiger partial charge in [0.2, 0.25) is 5.91 Å². The highest BCUT2D eigenvalue weighted by Gasteiger charge is 2.17. The first kappa shape index (κ1) is 13.5. The average molecular weight is 323 g/mol. The van der Waals surface area contributed by atoms with Gasteiger partial charge in [0.05, 0.1) is 0 Å². The van der Waals surface area contributed by atoms with Crippen molar-refractivity contribution in [1.82, 2.24) is 0 Å². The zero-order valence-corrected chi connectivity index (χ0v) is 11.5. The molecule has 0 unspecified atom stereocenters. The Morgan fingerprint density at radius 1 is 1.11 bits per heavy atom. The van der Waals surface area contributed by atoms with Gasteiger partial charge >= 0.3 is 0 Å². The normalized spacial score (nSPS) is 11.9. The Hall–Kier alpha value is -1.88. The van der Waals surface area contributed by atoms with E-state index in [4.69, 9.17) is 5.73 Å². The lowest BCUT2D eigenvalue weighted by molar-refractivity contribution is -0.118. The van der Waals surface area contributed by atoms with E-state index < -0.39 is 11.9 Å². The molecule has 1 amide bonds. The number of amides is 1. The smallest absolute Gasteiger partial charge is 0.244 e. The van der Waals surface area contributed by atoms with Crippen molar-refractivity contribution in [2.75, 3.05) is 5.32 Å². The average Bonchev–Trinajstić information content (AvgIpc) is 2.39. The molecule has 98 valence electrons. The van der Waals surface area contributed by atoms with E-state index in [1.807, 2.05) is 24.3 Å². The second-order valence-corrected chi connectivity index (χ2v) is 4.95. The Kier molecular flexibility index (Phi) is 4.16. The van der Waals surface area contributed by atoms with E-state index in [1.54, 1.807) is 0 Å². The quantitative estimate of drug-likeness (QED) is 0.908. The summed E-state index contributed by atoms with van der Waals surface area (Å²) in [4.78, 5) is 11.5. The molecule has 3 N–H and O–H groups in total. The summed E-state index contributed by atoms with van der Waals surface area (Å²) in [7, 11) is 0. The lowest BCUT2D eigenvalue weighted by atomic mass is 10.1. The molecule has 0 bridgehead atoms. The van der Waals surface area contributed by atoms with Crippen LogP contribution in [0.5, 0.6) is 0 Å². The summed E-state index contributed by atoms with van der Waals surface area (Å²) in [6.45, 7) is 0. The standard InChI is InChI=1S/C14H12BrFN2O/c15-10-3-7-12(8-4-10)18-13(14(17)19)9-1-5-11(16)6-2-9/h1-8,13,18H,(H2,17,19)/t13-/m1/s1. The SMILES string of the molecule is NC(=O)[C@H](Nc1ccc(Br)cc1)c1ccc(F)cc1. The molecule has 0 aliphatic carbocycles. The first-order valence-corrected chi connectivity index (χ1v) is 6.42. The molecule has 0 aromatic heterocycles. The van der Waals surface area contributed by atoms with Crippen molar-refractivity contribution in [1.29, 1.82) is 0 Å². The summed E-state index contributed by atoms with van der Waals surface area (Å²) < 4.78 is 13.8. The molecular weight excluding hydrogens is 311 g/mol. The van der Waals surface area contributed by atoms with Crippen LogP contribution < -0.4 is 11.1 Å². The van der Waals surface area contributed by atoms with Crippen LogP contribution in [-0.4, -0.2) is 5.91 Å². The zero-order chi connectivity index (χ0) is 13.8. The fraction of sp³-hybridized carbons (Fsp3) is 0.0714. The van der Waals surface area contributed by atoms with Crippen LogP contribution >= 0.6 is 15.9 Å². The van der Waals surface area contributed by atoms with Gasteiger partial charge in [-0.05, 0) is 42.0 Å². The van der Waals surface area contributed by atoms with Crippen LogP contribution in [0.2, 0.25) is 0 Å². The number of hydrogen-bond donors (Lipinski definition) is 2. The van der Waals surface area contributed by atoms with Gasteiger partial charge in [0.15, 0.2) is 0 Å². The van der Waals surface area contributed by atoms with E-state index in [-0.39, 0.29) is 5.82 Å². The zero-order valence-electron chi connectivity index (χ0n) is 9.94. The minimum Gasteiger partial charge on any atom is -0.370 e. The number of nitrogens with two attached hydrogens (primary N) is 1. The highest BCUT2D eigenvalue weighted by molar-refractivity contribution is 9.10. The molecule has 0 saturated carbocycles. The molecule has 5 heteroatoms. The minimum atomic E-state index is -0.693. The number of carbonyl (C=O) groups excluding carboxylic acids is 1. The lowest BCUT2D eigenvalue weighted by Gasteiger charge is -2.17. The van der Waals surface area contributed by atoms with Gasteiger partial charge in [-0.2, -0.15) is 0 Å². The number of nitrogens with one attached hydrogen (secondary N) is 1. The van der Waals surface area contributed by atoms with Crippen molar-refractivity contribution in [2.45, 2.75) is 6.04 Å². The summed E-state index contributed by atoms with van der Waals surface area (Å²) in [5.41, 5.74) is 6.76. The van der Waals surface area contributed by atoms with E-state index in [9.17, 15) is 9.18 Å². The molecule has 0 radical (unpaired) electrons. The number of carbonyl (C=O) groups is 1. The van der Waals surface area contributed by atoms with Gasteiger partial charge in [-0.15, -0.1) is 0 Å². The van der Waals surface area contributed by atoms with Crippen LogP contribution in [0.15, 0.2) is 53.0 Å². The highest BCUT2D eigenvalue weighted by Crippen LogP contribution is 2.21. The predicted molar refractivity (Wildman–Crippen MR) is 76.1 cm³/mol. The van der Waals surface area contributed by atoms with Crippen molar-refractivity contribution in [3.05, 3.63) is 64.4 Å². The first-order chi connectivity index (χ1) is 9.06. The molecule has 0 saturated heterocycles. The Morgan fingerprint density at radius 3 is 2.21 bits per heavy atom. The summed E-state index contributed by atoms with van der Waals surface area (Å²) in [6.07, 6.45) is 0. The molecule has 0 aliphatic rings. The number of benzene rings is 2. The monoisotopic (exact) mass is 322 g/mol. The summed E-state index contributed by atoms with van der Waals surface area (Å²) >= 11 is 3.33. The molecule has 0 aliphatic heterocycles. The largest absolute Gasteiger partial charge is 0.370 e. The van der Waals surface area contributed by atoms with E-state index in [0.717, 1.165) is 10.2 Å². The molecule has 0 heterocycles. The van der Waals surface area contributed by atoms with Crippen LogP contribution in [0.25, 0.3) is 0 Å². The second-order valence-electron chi connectivity index (χ2n) is 4.04. The number of hydrogen-bond acceptors (Lipinski definition) is 2. The number of primary amides is 1. The van der Waals surface area contributed by atoms with E-state index >= 15 is 0 Å². The molecule has 3 nitrogen and oxygen atoms in total. The van der Waals surface area contributed by atoms with Crippen molar-refractivity contribution in [2.24, 2.45) is 5.73 Å². The first-order valence-electron chi connectivity index (χ1n) is 5.63. The molecule has 19 heavy (non-hydrogen) atoms. The maximum absolute atomic E-state index is 12.9. The Balaban J connectivity index is 2.23. The van der Waals surface area contributed by atoms with Gasteiger partial charge < -0.3 is 11.1 Å². The van der Waals surface area contributed by atoms with Crippen molar-refractivity contribution < 1.29 is 9.18 Å². The van der Waals surface area contributed by atoms with Crippen LogP contribution in [0.4, 0.5) is 10.1 Å². The fourth-order valence-corrected chi connectivity index (χ4v) is 1.95. The van der Waals surface area contributed by atoms with E-state index in [1.165, 1.54) is 24.3 Å². The maximum Gasteiger partial charge on any atom is 0.244 e. The number of rotatable bonds is 4. The fourth-order valence-electron chi connectivity index (χ4n) is 1.69. The van der Waals surface area contributed by atoms with Crippen LogP contribution in [0, 0.1) is 5.82 Å². The van der Waals surface area contributed by atoms with Gasteiger partial charge in [0.25, 0.3) is 0 Å². The maximum atomic E-state index is 12.9. The van der Waals surface area contributed by atoms with Crippen molar-refractivity contribution in [3.8, 4) is 0 Å². The Labute approximate surface area is 118 Å². The molecule has 1 atom stereocenters. The summed E-state index contributed by atoms with van der Waals surface area (Å²) in [5, 5.41) is 3.02. The Morgan fingerprint density at radius 2 is 1.68 bits per heavy atom. The molecule has 0 spiro atoms.